The average Bonchev–Trinajstić information content (AvgIpc) is 2.55. The van der Waals surface area contributed by atoms with Gasteiger partial charge in [0.1, 0.15) is 0 Å². The fourth-order valence-electron chi connectivity index (χ4n) is 2.52. The van der Waals surface area contributed by atoms with Crippen LogP contribution in [-0.2, 0) is 10.2 Å². The molecule has 6 heteroatoms. The highest BCUT2D eigenvalue weighted by atomic mass is 35.5. The number of hydrogen-bond acceptors (Lipinski definition) is 2. The first-order chi connectivity index (χ1) is 12.1. The summed E-state index contributed by atoms with van der Waals surface area (Å²) in [5, 5.41) is 12.6. The Morgan fingerprint density at radius 2 is 1.65 bits per heavy atom. The van der Waals surface area contributed by atoms with E-state index < -0.39 is 17.9 Å². The standard InChI is InChI=1S/C20H21Cl2NO3/c1-20(2,3)14-7-4-12(5-8-14)17(11-18(24)25)23-19(26)13-6-9-15(21)16(22)10-13/h4-10,17H,11H2,1-3H3,(H,23,26)(H,24,25). The molecule has 1 atom stereocenters. The number of amides is 1. The number of rotatable bonds is 5. The Morgan fingerprint density at radius 1 is 1.04 bits per heavy atom. The molecule has 0 aliphatic heterocycles. The van der Waals surface area contributed by atoms with E-state index >= 15 is 0 Å². The van der Waals surface area contributed by atoms with Crippen molar-refractivity contribution >= 4 is 35.1 Å². The van der Waals surface area contributed by atoms with Crippen LogP contribution in [0.4, 0.5) is 0 Å². The number of carboxylic acid groups (broad SMARTS) is 1. The highest BCUT2D eigenvalue weighted by Crippen LogP contribution is 2.26. The minimum atomic E-state index is -0.996. The van der Waals surface area contributed by atoms with Crippen LogP contribution in [0.25, 0.3) is 0 Å². The second-order valence-corrected chi connectivity index (χ2v) is 7.94. The van der Waals surface area contributed by atoms with Crippen molar-refractivity contribution in [3.05, 3.63) is 69.2 Å². The maximum absolute atomic E-state index is 12.5. The van der Waals surface area contributed by atoms with Gasteiger partial charge in [-0.2, -0.15) is 0 Å². The van der Waals surface area contributed by atoms with Gasteiger partial charge in [-0.05, 0) is 34.7 Å². The van der Waals surface area contributed by atoms with Crippen molar-refractivity contribution in [1.29, 1.82) is 0 Å². The van der Waals surface area contributed by atoms with Crippen molar-refractivity contribution in [3.8, 4) is 0 Å². The first-order valence-corrected chi connectivity index (χ1v) is 8.91. The van der Waals surface area contributed by atoms with Crippen molar-refractivity contribution in [2.45, 2.75) is 38.6 Å². The summed E-state index contributed by atoms with van der Waals surface area (Å²) in [4.78, 5) is 23.7. The van der Waals surface area contributed by atoms with Crippen LogP contribution in [0.3, 0.4) is 0 Å². The van der Waals surface area contributed by atoms with Gasteiger partial charge in [-0.3, -0.25) is 9.59 Å². The Kier molecular flexibility index (Phi) is 6.32. The normalized spacial score (nSPS) is 12.5. The van der Waals surface area contributed by atoms with E-state index in [1.165, 1.54) is 12.1 Å². The van der Waals surface area contributed by atoms with E-state index in [4.69, 9.17) is 23.2 Å². The average molecular weight is 394 g/mol. The van der Waals surface area contributed by atoms with E-state index in [9.17, 15) is 14.7 Å². The molecule has 2 rings (SSSR count). The summed E-state index contributed by atoms with van der Waals surface area (Å²) in [6.45, 7) is 6.30. The number of carbonyl (C=O) groups excluding carboxylic acids is 1. The Morgan fingerprint density at radius 3 is 2.15 bits per heavy atom. The predicted molar refractivity (Wildman–Crippen MR) is 104 cm³/mol. The molecule has 0 saturated carbocycles. The number of benzene rings is 2. The van der Waals surface area contributed by atoms with Gasteiger partial charge < -0.3 is 10.4 Å². The van der Waals surface area contributed by atoms with E-state index in [-0.39, 0.29) is 16.9 Å². The zero-order chi connectivity index (χ0) is 19.5. The lowest BCUT2D eigenvalue weighted by Gasteiger charge is -2.22. The topological polar surface area (TPSA) is 66.4 Å². The van der Waals surface area contributed by atoms with Crippen molar-refractivity contribution in [2.75, 3.05) is 0 Å². The Labute approximate surface area is 163 Å². The van der Waals surface area contributed by atoms with Crippen LogP contribution >= 0.6 is 23.2 Å². The molecule has 0 heterocycles. The SMILES string of the molecule is CC(C)(C)c1ccc(C(CC(=O)O)NC(=O)c2ccc(Cl)c(Cl)c2)cc1. The number of aliphatic carboxylic acids is 1. The second kappa shape index (κ2) is 8.11. The molecule has 0 saturated heterocycles. The molecule has 26 heavy (non-hydrogen) atoms. The van der Waals surface area contributed by atoms with E-state index in [1.54, 1.807) is 6.07 Å². The van der Waals surface area contributed by atoms with Gasteiger partial charge in [-0.25, -0.2) is 0 Å². The minimum Gasteiger partial charge on any atom is -0.481 e. The lowest BCUT2D eigenvalue weighted by atomic mass is 9.86. The van der Waals surface area contributed by atoms with Gasteiger partial charge in [0.15, 0.2) is 0 Å². The first kappa shape index (κ1) is 20.3. The molecule has 0 aliphatic rings. The van der Waals surface area contributed by atoms with Crippen LogP contribution in [-0.4, -0.2) is 17.0 Å². The third kappa shape index (κ3) is 5.23. The van der Waals surface area contributed by atoms with Crippen molar-refractivity contribution in [1.82, 2.24) is 5.32 Å². The van der Waals surface area contributed by atoms with E-state index in [0.717, 1.165) is 11.1 Å². The van der Waals surface area contributed by atoms with Crippen LogP contribution in [0, 0.1) is 0 Å². The summed E-state index contributed by atoms with van der Waals surface area (Å²) in [7, 11) is 0. The van der Waals surface area contributed by atoms with Crippen molar-refractivity contribution in [2.24, 2.45) is 0 Å². The molecular formula is C20H21Cl2NO3. The molecular weight excluding hydrogens is 373 g/mol. The van der Waals surface area contributed by atoms with Gasteiger partial charge in [0.05, 0.1) is 22.5 Å². The van der Waals surface area contributed by atoms with Crippen molar-refractivity contribution < 1.29 is 14.7 Å². The largest absolute Gasteiger partial charge is 0.481 e. The molecule has 2 N–H and O–H groups in total. The fourth-order valence-corrected chi connectivity index (χ4v) is 2.82. The minimum absolute atomic E-state index is 0.00979. The number of carbonyl (C=O) groups is 2. The van der Waals surface area contributed by atoms with Crippen LogP contribution < -0.4 is 5.32 Å². The molecule has 0 fully saturated rings. The van der Waals surface area contributed by atoms with Crippen LogP contribution in [0.15, 0.2) is 42.5 Å². The van der Waals surface area contributed by atoms with E-state index in [1.807, 2.05) is 24.3 Å². The maximum Gasteiger partial charge on any atom is 0.305 e. The lowest BCUT2D eigenvalue weighted by Crippen LogP contribution is -2.30. The quantitative estimate of drug-likeness (QED) is 0.729. The van der Waals surface area contributed by atoms with E-state index in [2.05, 4.69) is 26.1 Å². The molecule has 0 radical (unpaired) electrons. The highest BCUT2D eigenvalue weighted by molar-refractivity contribution is 6.42. The van der Waals surface area contributed by atoms with Gasteiger partial charge in [0.2, 0.25) is 0 Å². The maximum atomic E-state index is 12.5. The summed E-state index contributed by atoms with van der Waals surface area (Å²) in [6.07, 6.45) is -0.220. The van der Waals surface area contributed by atoms with Gasteiger partial charge >= 0.3 is 5.97 Å². The number of halogens is 2. The van der Waals surface area contributed by atoms with Gasteiger partial charge in [-0.1, -0.05) is 68.2 Å². The Balaban J connectivity index is 2.25. The number of carboxylic acids is 1. The molecule has 138 valence electrons. The molecule has 0 spiro atoms. The van der Waals surface area contributed by atoms with Crippen LogP contribution in [0.2, 0.25) is 10.0 Å². The molecule has 2 aromatic rings. The lowest BCUT2D eigenvalue weighted by molar-refractivity contribution is -0.137. The first-order valence-electron chi connectivity index (χ1n) is 8.16. The van der Waals surface area contributed by atoms with Gasteiger partial charge in [0.25, 0.3) is 5.91 Å². The molecule has 1 amide bonds. The molecule has 4 nitrogen and oxygen atoms in total. The van der Waals surface area contributed by atoms with Crippen molar-refractivity contribution in [3.63, 3.8) is 0 Å². The van der Waals surface area contributed by atoms with E-state index in [0.29, 0.717) is 10.6 Å². The third-order valence-corrected chi connectivity index (χ3v) is 4.78. The summed E-state index contributed by atoms with van der Waals surface area (Å²) in [6, 6.07) is 11.5. The summed E-state index contributed by atoms with van der Waals surface area (Å²) < 4.78 is 0. The summed E-state index contributed by atoms with van der Waals surface area (Å²) in [5.41, 5.74) is 2.17. The van der Waals surface area contributed by atoms with Crippen LogP contribution in [0.1, 0.15) is 54.7 Å². The molecule has 0 aromatic heterocycles. The zero-order valence-electron chi connectivity index (χ0n) is 14.8. The molecule has 0 aliphatic carbocycles. The third-order valence-electron chi connectivity index (χ3n) is 4.04. The highest BCUT2D eigenvalue weighted by Gasteiger charge is 2.21. The molecule has 1 unspecified atom stereocenters. The number of nitrogens with one attached hydrogen (secondary N) is 1. The Hall–Kier alpha value is -2.04. The summed E-state index contributed by atoms with van der Waals surface area (Å²) in [5.74, 6) is -1.40. The summed E-state index contributed by atoms with van der Waals surface area (Å²) >= 11 is 11.8. The number of hydrogen-bond donors (Lipinski definition) is 2. The molecule has 2 aromatic carbocycles. The Bertz CT molecular complexity index is 811. The van der Waals surface area contributed by atoms with Gasteiger partial charge in [0, 0.05) is 5.56 Å². The smallest absolute Gasteiger partial charge is 0.305 e. The predicted octanol–water partition coefficient (Wildman–Crippen LogP) is 5.24. The molecule has 0 bridgehead atoms. The van der Waals surface area contributed by atoms with Gasteiger partial charge in [-0.15, -0.1) is 0 Å². The fraction of sp³-hybridized carbons (Fsp3) is 0.300. The second-order valence-electron chi connectivity index (χ2n) is 7.12. The zero-order valence-corrected chi connectivity index (χ0v) is 16.4. The monoisotopic (exact) mass is 393 g/mol. The van der Waals surface area contributed by atoms with Crippen LogP contribution in [0.5, 0.6) is 0 Å².